The van der Waals surface area contributed by atoms with Crippen LogP contribution in [0.25, 0.3) is 0 Å². The molecule has 0 unspecified atom stereocenters. The van der Waals surface area contributed by atoms with Gasteiger partial charge >= 0.3 is 0 Å². The zero-order chi connectivity index (χ0) is 19.9. The summed E-state index contributed by atoms with van der Waals surface area (Å²) in [4.78, 5) is 26.1. The lowest BCUT2D eigenvalue weighted by Gasteiger charge is -2.28. The number of carbonyl (C=O) groups is 2. The van der Waals surface area contributed by atoms with Crippen molar-refractivity contribution in [3.63, 3.8) is 0 Å². The van der Waals surface area contributed by atoms with Crippen molar-refractivity contribution in [2.24, 2.45) is 0 Å². The Hall–Kier alpha value is -3.02. The minimum absolute atomic E-state index is 0.0839. The normalized spacial score (nSPS) is 13.9. The molecule has 2 aromatic rings. The first-order valence-corrected chi connectivity index (χ1v) is 9.63. The van der Waals surface area contributed by atoms with Crippen molar-refractivity contribution in [1.29, 1.82) is 0 Å². The summed E-state index contributed by atoms with van der Waals surface area (Å²) in [6, 6.07) is 12.7. The van der Waals surface area contributed by atoms with Gasteiger partial charge in [0.2, 0.25) is 5.91 Å². The fourth-order valence-corrected chi connectivity index (χ4v) is 3.24. The molecular weight excluding hydrogens is 356 g/mol. The smallest absolute Gasteiger partial charge is 0.262 e. The Labute approximate surface area is 165 Å². The highest BCUT2D eigenvalue weighted by molar-refractivity contribution is 5.96. The number of nitrogens with one attached hydrogen (secondary N) is 1. The van der Waals surface area contributed by atoms with Crippen LogP contribution in [0.5, 0.6) is 11.5 Å². The summed E-state index contributed by atoms with van der Waals surface area (Å²) < 4.78 is 10.9. The molecule has 1 fully saturated rings. The van der Waals surface area contributed by atoms with E-state index in [9.17, 15) is 9.59 Å². The molecular formula is C22H26N2O4. The van der Waals surface area contributed by atoms with E-state index in [0.29, 0.717) is 24.5 Å². The van der Waals surface area contributed by atoms with E-state index in [1.165, 1.54) is 0 Å². The minimum Gasteiger partial charge on any atom is -0.494 e. The maximum absolute atomic E-state index is 12.2. The minimum atomic E-state index is -0.241. The molecule has 1 aliphatic heterocycles. The van der Waals surface area contributed by atoms with Crippen molar-refractivity contribution in [1.82, 2.24) is 0 Å². The van der Waals surface area contributed by atoms with Gasteiger partial charge in [0.1, 0.15) is 11.5 Å². The summed E-state index contributed by atoms with van der Waals surface area (Å²) in [5, 5.41) is 2.83. The van der Waals surface area contributed by atoms with Crippen LogP contribution in [0.1, 0.15) is 31.7 Å². The van der Waals surface area contributed by atoms with Gasteiger partial charge in [0, 0.05) is 24.3 Å². The number of hydrogen-bond donors (Lipinski definition) is 1. The Kier molecular flexibility index (Phi) is 6.53. The number of carbonyl (C=O) groups excluding carboxylic acids is 2. The molecule has 3 rings (SSSR count). The molecule has 6 heteroatoms. The van der Waals surface area contributed by atoms with Crippen LogP contribution in [-0.4, -0.2) is 31.6 Å². The van der Waals surface area contributed by atoms with E-state index in [2.05, 4.69) is 5.32 Å². The van der Waals surface area contributed by atoms with Gasteiger partial charge in [-0.25, -0.2) is 0 Å². The molecule has 2 aromatic carbocycles. The number of anilines is 2. The van der Waals surface area contributed by atoms with Gasteiger partial charge in [0.25, 0.3) is 5.91 Å². The second kappa shape index (κ2) is 9.26. The van der Waals surface area contributed by atoms with E-state index in [4.69, 9.17) is 9.47 Å². The van der Waals surface area contributed by atoms with E-state index < -0.39 is 0 Å². The largest absolute Gasteiger partial charge is 0.494 e. The molecule has 148 valence electrons. The van der Waals surface area contributed by atoms with Gasteiger partial charge in [-0.3, -0.25) is 9.59 Å². The van der Waals surface area contributed by atoms with Crippen LogP contribution >= 0.6 is 0 Å². The van der Waals surface area contributed by atoms with Crippen molar-refractivity contribution in [2.45, 2.75) is 33.1 Å². The van der Waals surface area contributed by atoms with Gasteiger partial charge in [0.15, 0.2) is 6.61 Å². The molecule has 0 spiro atoms. The predicted octanol–water partition coefficient (Wildman–Crippen LogP) is 3.93. The van der Waals surface area contributed by atoms with Crippen LogP contribution in [0.2, 0.25) is 0 Å². The SMILES string of the molecule is CCOc1ccc(OCC(=O)Nc2ccc(N3CCCCC3=O)c(C)c2)cc1. The first-order valence-electron chi connectivity index (χ1n) is 9.63. The van der Waals surface area contributed by atoms with Crippen LogP contribution in [0.3, 0.4) is 0 Å². The van der Waals surface area contributed by atoms with Gasteiger partial charge in [-0.15, -0.1) is 0 Å². The quantitative estimate of drug-likeness (QED) is 0.788. The average molecular weight is 382 g/mol. The topological polar surface area (TPSA) is 67.9 Å². The van der Waals surface area contributed by atoms with E-state index in [1.807, 2.05) is 36.9 Å². The third-order valence-corrected chi connectivity index (χ3v) is 4.60. The average Bonchev–Trinajstić information content (AvgIpc) is 2.69. The molecule has 0 saturated carbocycles. The van der Waals surface area contributed by atoms with Crippen molar-refractivity contribution >= 4 is 23.2 Å². The van der Waals surface area contributed by atoms with Crippen molar-refractivity contribution in [3.8, 4) is 11.5 Å². The third kappa shape index (κ3) is 5.03. The van der Waals surface area contributed by atoms with Crippen LogP contribution in [-0.2, 0) is 9.59 Å². The molecule has 0 aromatic heterocycles. The van der Waals surface area contributed by atoms with Crippen LogP contribution in [0.4, 0.5) is 11.4 Å². The number of aryl methyl sites for hydroxylation is 1. The first kappa shape index (κ1) is 19.7. The standard InChI is InChI=1S/C22H26N2O4/c1-3-27-18-8-10-19(11-9-18)28-15-21(25)23-17-7-12-20(16(2)14-17)24-13-5-4-6-22(24)26/h7-12,14H,3-6,13,15H2,1-2H3,(H,23,25). The molecule has 0 bridgehead atoms. The van der Waals surface area contributed by atoms with E-state index in [1.54, 1.807) is 24.3 Å². The lowest BCUT2D eigenvalue weighted by atomic mass is 10.1. The highest BCUT2D eigenvalue weighted by Crippen LogP contribution is 2.27. The molecule has 2 amide bonds. The Bertz CT molecular complexity index is 833. The van der Waals surface area contributed by atoms with Gasteiger partial charge in [-0.2, -0.15) is 0 Å². The lowest BCUT2D eigenvalue weighted by Crippen LogP contribution is -2.35. The molecule has 1 aliphatic rings. The molecule has 6 nitrogen and oxygen atoms in total. The number of benzene rings is 2. The number of hydrogen-bond acceptors (Lipinski definition) is 4. The van der Waals surface area contributed by atoms with Gasteiger partial charge in [-0.1, -0.05) is 0 Å². The zero-order valence-corrected chi connectivity index (χ0v) is 16.4. The number of ether oxygens (including phenoxy) is 2. The predicted molar refractivity (Wildman–Crippen MR) is 109 cm³/mol. The molecule has 0 radical (unpaired) electrons. The van der Waals surface area contributed by atoms with Crippen LogP contribution in [0, 0.1) is 6.92 Å². The fourth-order valence-electron chi connectivity index (χ4n) is 3.24. The third-order valence-electron chi connectivity index (χ3n) is 4.60. The van der Waals surface area contributed by atoms with Gasteiger partial charge < -0.3 is 19.7 Å². The van der Waals surface area contributed by atoms with Gasteiger partial charge in [-0.05, 0) is 74.7 Å². The second-order valence-electron chi connectivity index (χ2n) is 6.75. The molecule has 1 N–H and O–H groups in total. The Morgan fingerprint density at radius 3 is 2.43 bits per heavy atom. The molecule has 0 aliphatic carbocycles. The number of rotatable bonds is 7. The van der Waals surface area contributed by atoms with E-state index in [-0.39, 0.29) is 18.4 Å². The number of nitrogens with zero attached hydrogens (tertiary/aromatic N) is 1. The zero-order valence-electron chi connectivity index (χ0n) is 16.4. The van der Waals surface area contributed by atoms with Crippen molar-refractivity contribution in [2.75, 3.05) is 30.0 Å². The summed E-state index contributed by atoms with van der Waals surface area (Å²) in [5.41, 5.74) is 2.56. The van der Waals surface area contributed by atoms with Crippen molar-refractivity contribution < 1.29 is 19.1 Å². The Morgan fingerprint density at radius 2 is 1.79 bits per heavy atom. The second-order valence-corrected chi connectivity index (χ2v) is 6.75. The summed E-state index contributed by atoms with van der Waals surface area (Å²) in [6.07, 6.45) is 2.57. The van der Waals surface area contributed by atoms with Crippen LogP contribution in [0.15, 0.2) is 42.5 Å². The molecule has 28 heavy (non-hydrogen) atoms. The monoisotopic (exact) mass is 382 g/mol. The highest BCUT2D eigenvalue weighted by atomic mass is 16.5. The fraction of sp³-hybridized carbons (Fsp3) is 0.364. The van der Waals surface area contributed by atoms with Crippen molar-refractivity contribution in [3.05, 3.63) is 48.0 Å². The summed E-state index contributed by atoms with van der Waals surface area (Å²) >= 11 is 0. The maximum Gasteiger partial charge on any atom is 0.262 e. The summed E-state index contributed by atoms with van der Waals surface area (Å²) in [7, 11) is 0. The highest BCUT2D eigenvalue weighted by Gasteiger charge is 2.21. The summed E-state index contributed by atoms with van der Waals surface area (Å²) in [5.74, 6) is 1.29. The molecule has 0 atom stereocenters. The first-order chi connectivity index (χ1) is 13.6. The van der Waals surface area contributed by atoms with Gasteiger partial charge in [0.05, 0.1) is 6.61 Å². The molecule has 1 heterocycles. The van der Waals surface area contributed by atoms with E-state index in [0.717, 1.165) is 36.4 Å². The number of amides is 2. The Morgan fingerprint density at radius 1 is 1.07 bits per heavy atom. The Balaban J connectivity index is 1.55. The maximum atomic E-state index is 12.2. The lowest BCUT2D eigenvalue weighted by molar-refractivity contribution is -0.119. The van der Waals surface area contributed by atoms with Crippen LogP contribution < -0.4 is 19.7 Å². The number of piperidine rings is 1. The van der Waals surface area contributed by atoms with E-state index >= 15 is 0 Å². The summed E-state index contributed by atoms with van der Waals surface area (Å²) in [6.45, 7) is 5.14. The molecule has 1 saturated heterocycles.